The van der Waals surface area contributed by atoms with Gasteiger partial charge in [-0.2, -0.15) is 4.31 Å². The van der Waals surface area contributed by atoms with Crippen molar-refractivity contribution in [1.82, 2.24) is 4.31 Å². The van der Waals surface area contributed by atoms with Gasteiger partial charge in [-0.05, 0) is 67.1 Å². The summed E-state index contributed by atoms with van der Waals surface area (Å²) in [6.07, 6.45) is 5.13. The van der Waals surface area contributed by atoms with E-state index in [0.717, 1.165) is 37.7 Å². The van der Waals surface area contributed by atoms with Gasteiger partial charge in [-0.1, -0.05) is 43.5 Å². The molecule has 30 heavy (non-hydrogen) atoms. The van der Waals surface area contributed by atoms with Gasteiger partial charge in [0.1, 0.15) is 0 Å². The molecule has 162 valence electrons. The van der Waals surface area contributed by atoms with E-state index in [0.29, 0.717) is 16.5 Å². The van der Waals surface area contributed by atoms with Crippen LogP contribution in [-0.4, -0.2) is 31.8 Å². The molecular formula is C23H28ClNO4S. The van der Waals surface area contributed by atoms with Crippen LogP contribution in [0.1, 0.15) is 54.9 Å². The molecule has 0 saturated heterocycles. The van der Waals surface area contributed by atoms with Crippen molar-refractivity contribution in [2.24, 2.45) is 5.92 Å². The first-order valence-electron chi connectivity index (χ1n) is 10.3. The Morgan fingerprint density at radius 3 is 2.23 bits per heavy atom. The fraction of sp³-hybridized carbons (Fsp3) is 0.435. The maximum Gasteiger partial charge on any atom is 0.337 e. The normalized spacial score (nSPS) is 16.0. The average molecular weight is 450 g/mol. The molecule has 1 aliphatic carbocycles. The summed E-state index contributed by atoms with van der Waals surface area (Å²) in [6, 6.07) is 13.2. The number of carbonyl (C=O) groups is 1. The number of esters is 1. The van der Waals surface area contributed by atoms with Gasteiger partial charge in [0.05, 0.1) is 17.6 Å². The van der Waals surface area contributed by atoms with Crippen LogP contribution in [-0.2, 0) is 21.3 Å². The zero-order valence-corrected chi connectivity index (χ0v) is 19.0. The number of carbonyl (C=O) groups excluding carboxylic acids is 1. The lowest BCUT2D eigenvalue weighted by atomic mass is 9.95. The van der Waals surface area contributed by atoms with E-state index in [9.17, 15) is 13.2 Å². The molecule has 0 bridgehead atoms. The lowest BCUT2D eigenvalue weighted by molar-refractivity contribution is 0.0600. The second kappa shape index (κ2) is 9.94. The second-order valence-electron chi connectivity index (χ2n) is 7.71. The SMILES string of the molecule is CCC(C1CCCC1)N(Cc1ccc(C(=O)OC)cc1)S(=O)(=O)c1ccc(Cl)cc1. The Bertz CT molecular complexity index is 952. The van der Waals surface area contributed by atoms with E-state index in [-0.39, 0.29) is 17.5 Å². The quantitative estimate of drug-likeness (QED) is 0.514. The fourth-order valence-electron chi connectivity index (χ4n) is 4.28. The number of rotatable bonds is 8. The summed E-state index contributed by atoms with van der Waals surface area (Å²) in [7, 11) is -2.38. The number of sulfonamides is 1. The minimum atomic E-state index is -3.71. The number of hydrogen-bond donors (Lipinski definition) is 0. The summed E-state index contributed by atoms with van der Waals surface area (Å²) >= 11 is 5.97. The highest BCUT2D eigenvalue weighted by Crippen LogP contribution is 2.35. The van der Waals surface area contributed by atoms with E-state index >= 15 is 0 Å². The lowest BCUT2D eigenvalue weighted by Gasteiger charge is -2.34. The fourth-order valence-corrected chi connectivity index (χ4v) is 6.15. The van der Waals surface area contributed by atoms with Crippen molar-refractivity contribution in [3.05, 3.63) is 64.7 Å². The van der Waals surface area contributed by atoms with Crippen molar-refractivity contribution in [1.29, 1.82) is 0 Å². The Morgan fingerprint density at radius 1 is 1.10 bits per heavy atom. The van der Waals surface area contributed by atoms with Gasteiger partial charge in [-0.3, -0.25) is 0 Å². The number of nitrogens with zero attached hydrogens (tertiary/aromatic N) is 1. The predicted molar refractivity (Wildman–Crippen MR) is 118 cm³/mol. The zero-order valence-electron chi connectivity index (χ0n) is 17.4. The number of ether oxygens (including phenoxy) is 1. The maximum absolute atomic E-state index is 13.6. The number of hydrogen-bond acceptors (Lipinski definition) is 4. The van der Waals surface area contributed by atoms with Crippen LogP contribution in [0.15, 0.2) is 53.4 Å². The number of benzene rings is 2. The van der Waals surface area contributed by atoms with E-state index < -0.39 is 16.0 Å². The largest absolute Gasteiger partial charge is 0.465 e. The van der Waals surface area contributed by atoms with Crippen molar-refractivity contribution in [3.63, 3.8) is 0 Å². The van der Waals surface area contributed by atoms with Gasteiger partial charge in [0.15, 0.2) is 0 Å². The van der Waals surface area contributed by atoms with Crippen molar-refractivity contribution in [2.75, 3.05) is 7.11 Å². The Hall–Kier alpha value is -1.89. The Kier molecular flexibility index (Phi) is 7.55. The number of halogens is 1. The molecule has 0 aliphatic heterocycles. The summed E-state index contributed by atoms with van der Waals surface area (Å²) in [4.78, 5) is 12.0. The van der Waals surface area contributed by atoms with E-state index in [4.69, 9.17) is 16.3 Å². The van der Waals surface area contributed by atoms with Crippen LogP contribution < -0.4 is 0 Å². The van der Waals surface area contributed by atoms with Crippen LogP contribution in [0.2, 0.25) is 5.02 Å². The summed E-state index contributed by atoms with van der Waals surface area (Å²) in [6.45, 7) is 2.30. The third kappa shape index (κ3) is 5.05. The molecule has 1 fully saturated rings. The van der Waals surface area contributed by atoms with Crippen molar-refractivity contribution in [2.45, 2.75) is 56.5 Å². The van der Waals surface area contributed by atoms with Crippen LogP contribution in [0.5, 0.6) is 0 Å². The zero-order chi connectivity index (χ0) is 21.7. The predicted octanol–water partition coefficient (Wildman–Crippen LogP) is 5.29. The third-order valence-electron chi connectivity index (χ3n) is 5.87. The first-order chi connectivity index (χ1) is 14.4. The van der Waals surface area contributed by atoms with Crippen LogP contribution in [0.4, 0.5) is 0 Å². The molecule has 1 atom stereocenters. The van der Waals surface area contributed by atoms with E-state index in [1.54, 1.807) is 52.8 Å². The molecular weight excluding hydrogens is 422 g/mol. The molecule has 1 saturated carbocycles. The molecule has 0 N–H and O–H groups in total. The molecule has 0 heterocycles. The first kappa shape index (κ1) is 22.8. The van der Waals surface area contributed by atoms with Crippen molar-refractivity contribution >= 4 is 27.6 Å². The minimum absolute atomic E-state index is 0.0755. The first-order valence-corrected chi connectivity index (χ1v) is 12.1. The standard InChI is InChI=1S/C23H28ClNO4S/c1-3-22(18-6-4-5-7-18)25(30(27,28)21-14-12-20(24)13-15-21)16-17-8-10-19(11-9-17)23(26)29-2/h8-15,18,22H,3-7,16H2,1-2H3. The second-order valence-corrected chi connectivity index (χ2v) is 10.0. The molecule has 2 aromatic rings. The molecule has 2 aromatic carbocycles. The topological polar surface area (TPSA) is 63.7 Å². The van der Waals surface area contributed by atoms with Gasteiger partial charge < -0.3 is 4.74 Å². The molecule has 3 rings (SSSR count). The summed E-state index contributed by atoms with van der Waals surface area (Å²) in [5.41, 5.74) is 1.27. The summed E-state index contributed by atoms with van der Waals surface area (Å²) in [5.74, 6) is -0.0593. The molecule has 0 aromatic heterocycles. The Morgan fingerprint density at radius 2 is 1.70 bits per heavy atom. The van der Waals surface area contributed by atoms with Crippen LogP contribution >= 0.6 is 11.6 Å². The van der Waals surface area contributed by atoms with Gasteiger partial charge in [-0.15, -0.1) is 0 Å². The monoisotopic (exact) mass is 449 g/mol. The minimum Gasteiger partial charge on any atom is -0.465 e. The highest BCUT2D eigenvalue weighted by atomic mass is 35.5. The summed E-state index contributed by atoms with van der Waals surface area (Å²) < 4.78 is 33.7. The number of methoxy groups -OCH3 is 1. The van der Waals surface area contributed by atoms with Gasteiger partial charge in [0.2, 0.25) is 10.0 Å². The Balaban J connectivity index is 1.96. The van der Waals surface area contributed by atoms with E-state index in [1.807, 2.05) is 6.92 Å². The highest BCUT2D eigenvalue weighted by Gasteiger charge is 2.36. The summed E-state index contributed by atoms with van der Waals surface area (Å²) in [5, 5.41) is 0.502. The smallest absolute Gasteiger partial charge is 0.337 e. The molecule has 0 radical (unpaired) electrons. The van der Waals surface area contributed by atoms with E-state index in [1.165, 1.54) is 7.11 Å². The van der Waals surface area contributed by atoms with Crippen molar-refractivity contribution < 1.29 is 17.9 Å². The molecule has 0 amide bonds. The molecule has 0 spiro atoms. The van der Waals surface area contributed by atoms with Gasteiger partial charge in [-0.25, -0.2) is 13.2 Å². The van der Waals surface area contributed by atoms with Crippen LogP contribution in [0.3, 0.4) is 0 Å². The average Bonchev–Trinajstić information content (AvgIpc) is 3.28. The molecule has 1 unspecified atom stereocenters. The molecule has 5 nitrogen and oxygen atoms in total. The van der Waals surface area contributed by atoms with Crippen LogP contribution in [0.25, 0.3) is 0 Å². The third-order valence-corrected chi connectivity index (χ3v) is 8.00. The highest BCUT2D eigenvalue weighted by molar-refractivity contribution is 7.89. The Labute approximate surface area is 184 Å². The maximum atomic E-state index is 13.6. The van der Waals surface area contributed by atoms with Gasteiger partial charge in [0.25, 0.3) is 0 Å². The van der Waals surface area contributed by atoms with Gasteiger partial charge in [0, 0.05) is 17.6 Å². The van der Waals surface area contributed by atoms with Crippen molar-refractivity contribution in [3.8, 4) is 0 Å². The molecule has 1 aliphatic rings. The van der Waals surface area contributed by atoms with E-state index in [2.05, 4.69) is 0 Å². The lowest BCUT2D eigenvalue weighted by Crippen LogP contribution is -2.43. The molecule has 7 heteroatoms. The van der Waals surface area contributed by atoms with Gasteiger partial charge >= 0.3 is 5.97 Å². The van der Waals surface area contributed by atoms with Crippen LogP contribution in [0, 0.1) is 5.92 Å².